The highest BCUT2D eigenvalue weighted by Crippen LogP contribution is 2.28. The van der Waals surface area contributed by atoms with Crippen LogP contribution in [0.1, 0.15) is 21.9 Å². The zero-order valence-corrected chi connectivity index (χ0v) is 16.2. The molecule has 1 aromatic carbocycles. The topological polar surface area (TPSA) is 119 Å². The standard InChI is InChI=1S/C16H16ClN5O4S/c1-9-12(7-18-26-9)16(23)20-11-4-5-13(17)14(6-11)21-27(24,25)15-8-22(3)10(2)19-15/h4-8,21H,1-3H3,(H,20,23). The normalized spacial score (nSPS) is 11.4. The second-order valence-corrected chi connectivity index (χ2v) is 7.82. The smallest absolute Gasteiger partial charge is 0.281 e. The Balaban J connectivity index is 1.85. The molecule has 2 N–H and O–H groups in total. The molecule has 27 heavy (non-hydrogen) atoms. The first-order valence-electron chi connectivity index (χ1n) is 7.72. The molecule has 0 aliphatic heterocycles. The predicted octanol–water partition coefficient (Wildman–Crippen LogP) is 2.73. The van der Waals surface area contributed by atoms with E-state index in [4.69, 9.17) is 16.1 Å². The zero-order valence-electron chi connectivity index (χ0n) is 14.6. The molecule has 0 spiro atoms. The first-order valence-corrected chi connectivity index (χ1v) is 9.58. The summed E-state index contributed by atoms with van der Waals surface area (Å²) in [6.45, 7) is 3.30. The van der Waals surface area contributed by atoms with Crippen LogP contribution in [-0.4, -0.2) is 29.0 Å². The number of nitrogens with one attached hydrogen (secondary N) is 2. The van der Waals surface area contributed by atoms with Crippen LogP contribution in [0.4, 0.5) is 11.4 Å². The number of benzene rings is 1. The van der Waals surface area contributed by atoms with Crippen LogP contribution in [0, 0.1) is 13.8 Å². The molecule has 0 atom stereocenters. The summed E-state index contributed by atoms with van der Waals surface area (Å²) in [6.07, 6.45) is 2.69. The molecule has 0 aliphatic carbocycles. The molecule has 0 saturated carbocycles. The lowest BCUT2D eigenvalue weighted by atomic mass is 10.2. The van der Waals surface area contributed by atoms with Gasteiger partial charge in [0.15, 0.2) is 5.03 Å². The van der Waals surface area contributed by atoms with E-state index < -0.39 is 15.9 Å². The molecule has 0 unspecified atom stereocenters. The third kappa shape index (κ3) is 3.96. The highest BCUT2D eigenvalue weighted by Gasteiger charge is 2.20. The highest BCUT2D eigenvalue weighted by molar-refractivity contribution is 7.92. The van der Waals surface area contributed by atoms with Gasteiger partial charge in [-0.05, 0) is 32.0 Å². The van der Waals surface area contributed by atoms with Gasteiger partial charge in [0.2, 0.25) is 0 Å². The molecule has 0 radical (unpaired) electrons. The molecule has 2 heterocycles. The van der Waals surface area contributed by atoms with Crippen molar-refractivity contribution in [3.8, 4) is 0 Å². The van der Waals surface area contributed by atoms with Gasteiger partial charge in [0.1, 0.15) is 17.1 Å². The van der Waals surface area contributed by atoms with Crippen molar-refractivity contribution >= 4 is 38.9 Å². The highest BCUT2D eigenvalue weighted by atomic mass is 35.5. The maximum absolute atomic E-state index is 12.5. The second-order valence-electron chi connectivity index (χ2n) is 5.79. The van der Waals surface area contributed by atoms with Crippen molar-refractivity contribution in [2.75, 3.05) is 10.0 Å². The second kappa shape index (κ2) is 7.05. The number of hydrogen-bond acceptors (Lipinski definition) is 6. The fraction of sp³-hybridized carbons (Fsp3) is 0.188. The van der Waals surface area contributed by atoms with Crippen molar-refractivity contribution in [3.05, 3.63) is 52.8 Å². The number of aromatic nitrogens is 3. The van der Waals surface area contributed by atoms with Crippen molar-refractivity contribution in [1.29, 1.82) is 0 Å². The van der Waals surface area contributed by atoms with Crippen LogP contribution >= 0.6 is 11.6 Å². The Morgan fingerprint density at radius 3 is 2.63 bits per heavy atom. The molecular formula is C16H16ClN5O4S. The van der Waals surface area contributed by atoms with Gasteiger partial charge >= 0.3 is 0 Å². The van der Waals surface area contributed by atoms with Crippen LogP contribution in [0.2, 0.25) is 5.02 Å². The third-order valence-electron chi connectivity index (χ3n) is 3.83. The van der Waals surface area contributed by atoms with Gasteiger partial charge in [0.25, 0.3) is 15.9 Å². The Labute approximate surface area is 160 Å². The van der Waals surface area contributed by atoms with E-state index in [1.54, 1.807) is 31.5 Å². The van der Waals surface area contributed by atoms with Gasteiger partial charge in [0.05, 0.1) is 16.9 Å². The van der Waals surface area contributed by atoms with Gasteiger partial charge in [-0.3, -0.25) is 9.52 Å². The molecule has 3 rings (SSSR count). The fourth-order valence-corrected chi connectivity index (χ4v) is 3.58. The molecule has 3 aromatic rings. The van der Waals surface area contributed by atoms with E-state index >= 15 is 0 Å². The Hall–Kier alpha value is -2.85. The number of sulfonamides is 1. The maximum atomic E-state index is 12.5. The van der Waals surface area contributed by atoms with Crippen LogP contribution in [0.3, 0.4) is 0 Å². The average molecular weight is 410 g/mol. The quantitative estimate of drug-likeness (QED) is 0.668. The fourth-order valence-electron chi connectivity index (χ4n) is 2.25. The number of imidazole rings is 1. The largest absolute Gasteiger partial charge is 0.361 e. The minimum Gasteiger partial charge on any atom is -0.361 e. The summed E-state index contributed by atoms with van der Waals surface area (Å²) in [5.74, 6) is 0.477. The van der Waals surface area contributed by atoms with Gasteiger partial charge in [-0.1, -0.05) is 16.8 Å². The van der Waals surface area contributed by atoms with Crippen molar-refractivity contribution < 1.29 is 17.7 Å². The summed E-state index contributed by atoms with van der Waals surface area (Å²) in [5, 5.41) is 6.23. The van der Waals surface area contributed by atoms with E-state index in [9.17, 15) is 13.2 Å². The van der Waals surface area contributed by atoms with Crippen molar-refractivity contribution in [2.45, 2.75) is 18.9 Å². The monoisotopic (exact) mass is 409 g/mol. The summed E-state index contributed by atoms with van der Waals surface area (Å²) in [6, 6.07) is 4.43. The molecule has 2 aromatic heterocycles. The Morgan fingerprint density at radius 1 is 1.30 bits per heavy atom. The SMILES string of the molecule is Cc1oncc1C(=O)Nc1ccc(Cl)c(NS(=O)(=O)c2cn(C)c(C)n2)c1. The van der Waals surface area contributed by atoms with E-state index in [2.05, 4.69) is 20.2 Å². The molecule has 11 heteroatoms. The van der Waals surface area contributed by atoms with Crippen LogP contribution in [-0.2, 0) is 17.1 Å². The molecule has 0 aliphatic rings. The number of rotatable bonds is 5. The number of aryl methyl sites for hydroxylation is 3. The number of amides is 1. The number of hydrogen-bond donors (Lipinski definition) is 2. The van der Waals surface area contributed by atoms with Crippen molar-refractivity contribution in [2.24, 2.45) is 7.05 Å². The van der Waals surface area contributed by atoms with Crippen LogP contribution < -0.4 is 10.0 Å². The Kier molecular flexibility index (Phi) is 4.94. The van der Waals surface area contributed by atoms with Crippen LogP contribution in [0.15, 0.2) is 40.1 Å². The van der Waals surface area contributed by atoms with Gasteiger partial charge in [-0.2, -0.15) is 8.42 Å². The molecule has 9 nitrogen and oxygen atoms in total. The van der Waals surface area contributed by atoms with Gasteiger partial charge in [-0.25, -0.2) is 4.98 Å². The minimum atomic E-state index is -3.94. The number of carbonyl (C=O) groups is 1. The number of anilines is 2. The van der Waals surface area contributed by atoms with E-state index in [0.29, 0.717) is 17.3 Å². The lowest BCUT2D eigenvalue weighted by molar-refractivity contribution is 0.102. The summed E-state index contributed by atoms with van der Waals surface area (Å²) in [4.78, 5) is 16.2. The first-order chi connectivity index (χ1) is 12.7. The average Bonchev–Trinajstić information content (AvgIpc) is 3.17. The number of nitrogens with zero attached hydrogens (tertiary/aromatic N) is 3. The van der Waals surface area contributed by atoms with E-state index in [-0.39, 0.29) is 21.3 Å². The van der Waals surface area contributed by atoms with Crippen LogP contribution in [0.25, 0.3) is 0 Å². The van der Waals surface area contributed by atoms with E-state index in [1.807, 2.05) is 0 Å². The number of halogens is 1. The van der Waals surface area contributed by atoms with Gasteiger partial charge in [-0.15, -0.1) is 0 Å². The molecule has 0 saturated heterocycles. The van der Waals surface area contributed by atoms with E-state index in [0.717, 1.165) is 0 Å². The molecule has 142 valence electrons. The predicted molar refractivity (Wildman–Crippen MR) is 99.4 cm³/mol. The number of carbonyl (C=O) groups excluding carboxylic acids is 1. The summed E-state index contributed by atoms with van der Waals surface area (Å²) < 4.78 is 33.9. The summed E-state index contributed by atoms with van der Waals surface area (Å²) >= 11 is 6.10. The van der Waals surface area contributed by atoms with Gasteiger partial charge < -0.3 is 14.4 Å². The van der Waals surface area contributed by atoms with E-state index in [1.165, 1.54) is 24.5 Å². The molecule has 0 fully saturated rings. The molecule has 1 amide bonds. The lowest BCUT2D eigenvalue weighted by Crippen LogP contribution is -2.15. The lowest BCUT2D eigenvalue weighted by Gasteiger charge is -2.11. The summed E-state index contributed by atoms with van der Waals surface area (Å²) in [7, 11) is -2.25. The first kappa shape index (κ1) is 18.9. The zero-order chi connectivity index (χ0) is 19.8. The van der Waals surface area contributed by atoms with Crippen molar-refractivity contribution in [1.82, 2.24) is 14.7 Å². The third-order valence-corrected chi connectivity index (χ3v) is 5.39. The minimum absolute atomic E-state index is 0.111. The molecular weight excluding hydrogens is 394 g/mol. The Morgan fingerprint density at radius 2 is 2.04 bits per heavy atom. The molecule has 0 bridgehead atoms. The van der Waals surface area contributed by atoms with Crippen LogP contribution in [0.5, 0.6) is 0 Å². The maximum Gasteiger partial charge on any atom is 0.281 e. The Bertz CT molecular complexity index is 1100. The summed E-state index contributed by atoms with van der Waals surface area (Å²) in [5.41, 5.74) is 0.732. The van der Waals surface area contributed by atoms with Crippen molar-refractivity contribution in [3.63, 3.8) is 0 Å². The van der Waals surface area contributed by atoms with Gasteiger partial charge in [0, 0.05) is 18.9 Å².